The number of aromatic nitrogens is 4. The topological polar surface area (TPSA) is 81.9 Å². The van der Waals surface area contributed by atoms with Crippen molar-refractivity contribution in [2.75, 3.05) is 0 Å². The highest BCUT2D eigenvalue weighted by molar-refractivity contribution is 5.98. The van der Waals surface area contributed by atoms with E-state index in [-0.39, 0.29) is 11.9 Å². The Hall–Kier alpha value is -3.74. The molecule has 0 fully saturated rings. The van der Waals surface area contributed by atoms with Crippen LogP contribution in [0, 0.1) is 6.92 Å². The predicted molar refractivity (Wildman–Crippen MR) is 119 cm³/mol. The molecule has 1 aromatic carbocycles. The Kier molecular flexibility index (Phi) is 5.93. The maximum Gasteiger partial charge on any atom is 0.253 e. The van der Waals surface area contributed by atoms with Crippen molar-refractivity contribution in [2.24, 2.45) is 0 Å². The molecule has 1 amide bonds. The van der Waals surface area contributed by atoms with Gasteiger partial charge in [0, 0.05) is 35.9 Å². The molecule has 158 valence electrons. The Bertz CT molecular complexity index is 1180. The number of rotatable bonds is 7. The molecular weight excluding hydrogens is 390 g/mol. The summed E-state index contributed by atoms with van der Waals surface area (Å²) in [4.78, 5) is 21.4. The van der Waals surface area contributed by atoms with Crippen molar-refractivity contribution in [1.82, 2.24) is 25.1 Å². The second-order valence-corrected chi connectivity index (χ2v) is 7.69. The number of benzene rings is 1. The Balaban J connectivity index is 1.37. The first-order valence-electron chi connectivity index (χ1n) is 10.2. The van der Waals surface area contributed by atoms with Gasteiger partial charge in [-0.25, -0.2) is 9.67 Å². The monoisotopic (exact) mass is 415 g/mol. The van der Waals surface area contributed by atoms with E-state index in [4.69, 9.17) is 4.74 Å². The molecule has 4 aromatic rings. The lowest BCUT2D eigenvalue weighted by Gasteiger charge is -2.10. The maximum absolute atomic E-state index is 12.7. The second kappa shape index (κ2) is 8.95. The van der Waals surface area contributed by atoms with Gasteiger partial charge in [-0.3, -0.25) is 9.78 Å². The van der Waals surface area contributed by atoms with E-state index < -0.39 is 0 Å². The molecule has 0 atom stereocenters. The highest BCUT2D eigenvalue weighted by Gasteiger charge is 2.15. The lowest BCUT2D eigenvalue weighted by Crippen LogP contribution is -2.24. The summed E-state index contributed by atoms with van der Waals surface area (Å²) in [6.45, 7) is 6.84. The normalized spacial score (nSPS) is 11.1. The minimum absolute atomic E-state index is 0.152. The number of nitrogens with zero attached hydrogens (tertiary/aromatic N) is 4. The molecule has 0 unspecified atom stereocenters. The Morgan fingerprint density at radius 3 is 2.65 bits per heavy atom. The summed E-state index contributed by atoms with van der Waals surface area (Å²) in [5.74, 6) is 0.618. The minimum atomic E-state index is -0.152. The summed E-state index contributed by atoms with van der Waals surface area (Å²) in [6, 6.07) is 13.6. The van der Waals surface area contributed by atoms with Gasteiger partial charge in [0.1, 0.15) is 12.4 Å². The average molecular weight is 415 g/mol. The molecule has 3 heterocycles. The van der Waals surface area contributed by atoms with E-state index in [0.717, 1.165) is 27.9 Å². The number of carbonyl (C=O) groups excluding carboxylic acids is 1. The van der Waals surface area contributed by atoms with Crippen molar-refractivity contribution >= 4 is 16.9 Å². The number of amides is 1. The molecule has 0 bridgehead atoms. The van der Waals surface area contributed by atoms with E-state index in [0.29, 0.717) is 24.4 Å². The fourth-order valence-electron chi connectivity index (χ4n) is 3.30. The van der Waals surface area contributed by atoms with Crippen molar-refractivity contribution < 1.29 is 9.53 Å². The number of hydrogen-bond acceptors (Lipinski definition) is 5. The lowest BCUT2D eigenvalue weighted by molar-refractivity contribution is 0.0950. The van der Waals surface area contributed by atoms with Crippen LogP contribution in [0.3, 0.4) is 0 Å². The molecule has 7 heteroatoms. The van der Waals surface area contributed by atoms with Crippen LogP contribution in [0.1, 0.15) is 47.1 Å². The number of nitrogens with one attached hydrogen (secondary N) is 1. The van der Waals surface area contributed by atoms with Crippen LogP contribution in [0.2, 0.25) is 0 Å². The maximum atomic E-state index is 12.7. The second-order valence-electron chi connectivity index (χ2n) is 7.69. The first-order valence-corrected chi connectivity index (χ1v) is 10.2. The molecule has 1 N–H and O–H groups in total. The molecule has 31 heavy (non-hydrogen) atoms. The highest BCUT2D eigenvalue weighted by Crippen LogP contribution is 2.19. The fraction of sp³-hybridized carbons (Fsp3) is 0.250. The quantitative estimate of drug-likeness (QED) is 0.489. The summed E-state index contributed by atoms with van der Waals surface area (Å²) < 4.78 is 7.64. The molecule has 3 aromatic heterocycles. The van der Waals surface area contributed by atoms with Gasteiger partial charge in [-0.05, 0) is 50.6 Å². The number of ether oxygens (including phenoxy) is 1. The largest absolute Gasteiger partial charge is 0.489 e. The van der Waals surface area contributed by atoms with Crippen molar-refractivity contribution in [3.8, 4) is 5.75 Å². The van der Waals surface area contributed by atoms with Crippen molar-refractivity contribution in [2.45, 2.75) is 40.0 Å². The Labute approximate surface area is 181 Å². The molecule has 0 saturated heterocycles. The number of hydrogen-bond donors (Lipinski definition) is 1. The molecule has 4 rings (SSSR count). The van der Waals surface area contributed by atoms with Gasteiger partial charge in [0.25, 0.3) is 5.91 Å². The van der Waals surface area contributed by atoms with Gasteiger partial charge in [0.2, 0.25) is 0 Å². The van der Waals surface area contributed by atoms with Crippen LogP contribution in [0.15, 0.2) is 61.1 Å². The zero-order valence-electron chi connectivity index (χ0n) is 17.9. The third kappa shape index (κ3) is 4.71. The van der Waals surface area contributed by atoms with Gasteiger partial charge in [0.15, 0.2) is 5.65 Å². The fourth-order valence-corrected chi connectivity index (χ4v) is 3.30. The first-order chi connectivity index (χ1) is 15.0. The van der Waals surface area contributed by atoms with Crippen LogP contribution >= 0.6 is 0 Å². The number of fused-ring (bicyclic) bond motifs is 1. The van der Waals surface area contributed by atoms with Crippen LogP contribution in [-0.2, 0) is 13.2 Å². The van der Waals surface area contributed by atoms with Crippen molar-refractivity contribution in [1.29, 1.82) is 0 Å². The zero-order chi connectivity index (χ0) is 21.8. The summed E-state index contributed by atoms with van der Waals surface area (Å²) in [7, 11) is 0. The standard InChI is InChI=1S/C24H25N5O2/c1-16(2)29-23-20(14-27-29)11-22(17(3)28-23)24(30)26-13-18-6-8-21(9-7-18)31-15-19-5-4-10-25-12-19/h4-12,14,16H,13,15H2,1-3H3,(H,26,30). The summed E-state index contributed by atoms with van der Waals surface area (Å²) in [6.07, 6.45) is 5.27. The molecule has 0 radical (unpaired) electrons. The van der Waals surface area contributed by atoms with E-state index in [9.17, 15) is 4.79 Å². The average Bonchev–Trinajstić information content (AvgIpc) is 3.20. The van der Waals surface area contributed by atoms with Crippen molar-refractivity contribution in [3.05, 3.63) is 83.4 Å². The lowest BCUT2D eigenvalue weighted by atomic mass is 10.1. The molecule has 7 nitrogen and oxygen atoms in total. The minimum Gasteiger partial charge on any atom is -0.489 e. The molecule has 0 saturated carbocycles. The van der Waals surface area contributed by atoms with Crippen LogP contribution in [0.4, 0.5) is 0 Å². The highest BCUT2D eigenvalue weighted by atomic mass is 16.5. The summed E-state index contributed by atoms with van der Waals surface area (Å²) >= 11 is 0. The summed E-state index contributed by atoms with van der Waals surface area (Å²) in [5, 5.41) is 8.21. The molecular formula is C24H25N5O2. The van der Waals surface area contributed by atoms with Gasteiger partial charge in [-0.15, -0.1) is 0 Å². The predicted octanol–water partition coefficient (Wildman–Crippen LogP) is 4.22. The molecule has 0 aliphatic carbocycles. The Morgan fingerprint density at radius 1 is 1.13 bits per heavy atom. The van der Waals surface area contributed by atoms with Gasteiger partial charge in [0.05, 0.1) is 17.5 Å². The number of pyridine rings is 2. The van der Waals surface area contributed by atoms with Crippen molar-refractivity contribution in [3.63, 3.8) is 0 Å². The number of aryl methyl sites for hydroxylation is 1. The summed E-state index contributed by atoms with van der Waals surface area (Å²) in [5.41, 5.74) is 4.05. The van der Waals surface area contributed by atoms with E-state index in [2.05, 4.69) is 34.2 Å². The third-order valence-electron chi connectivity index (χ3n) is 5.00. The Morgan fingerprint density at radius 2 is 1.94 bits per heavy atom. The first kappa shape index (κ1) is 20.5. The van der Waals surface area contributed by atoms with Crippen LogP contribution in [0.25, 0.3) is 11.0 Å². The van der Waals surface area contributed by atoms with E-state index in [1.54, 1.807) is 18.6 Å². The SMILES string of the molecule is Cc1nc2c(cnn2C(C)C)cc1C(=O)NCc1ccc(OCc2cccnc2)cc1. The van der Waals surface area contributed by atoms with Gasteiger partial charge < -0.3 is 10.1 Å². The smallest absolute Gasteiger partial charge is 0.253 e. The molecule has 0 spiro atoms. The zero-order valence-corrected chi connectivity index (χ0v) is 17.9. The van der Waals surface area contributed by atoms with Crippen LogP contribution < -0.4 is 10.1 Å². The van der Waals surface area contributed by atoms with Gasteiger partial charge in [-0.2, -0.15) is 5.10 Å². The van der Waals surface area contributed by atoms with E-state index >= 15 is 0 Å². The third-order valence-corrected chi connectivity index (χ3v) is 5.00. The van der Waals surface area contributed by atoms with E-state index in [1.165, 1.54) is 0 Å². The van der Waals surface area contributed by atoms with E-state index in [1.807, 2.05) is 54.1 Å². The van der Waals surface area contributed by atoms with Crippen LogP contribution in [-0.4, -0.2) is 25.7 Å². The molecule has 0 aliphatic rings. The van der Waals surface area contributed by atoms with Gasteiger partial charge >= 0.3 is 0 Å². The van der Waals surface area contributed by atoms with Gasteiger partial charge in [-0.1, -0.05) is 18.2 Å². The molecule has 0 aliphatic heterocycles. The number of carbonyl (C=O) groups is 1. The van der Waals surface area contributed by atoms with Crippen LogP contribution in [0.5, 0.6) is 5.75 Å².